The summed E-state index contributed by atoms with van der Waals surface area (Å²) in [4.78, 5) is 12.4. The lowest BCUT2D eigenvalue weighted by molar-refractivity contribution is -0.128. The Labute approximate surface area is 65.2 Å². The molecule has 0 bridgehead atoms. The Morgan fingerprint density at radius 1 is 1.82 bits per heavy atom. The molecule has 0 aliphatic carbocycles. The highest BCUT2D eigenvalue weighted by Gasteiger charge is 2.02. The smallest absolute Gasteiger partial charge is 0.219 e. The SMILES string of the molecule is CC(=O)N(C)Cc1cn[nH]c1. The summed E-state index contributed by atoms with van der Waals surface area (Å²) in [7, 11) is 1.76. The van der Waals surface area contributed by atoms with Gasteiger partial charge in [0.15, 0.2) is 0 Å². The highest BCUT2D eigenvalue weighted by atomic mass is 16.2. The van der Waals surface area contributed by atoms with Gasteiger partial charge in [-0.3, -0.25) is 9.89 Å². The Morgan fingerprint density at radius 3 is 3.00 bits per heavy atom. The molecule has 11 heavy (non-hydrogen) atoms. The predicted molar refractivity (Wildman–Crippen MR) is 40.7 cm³/mol. The van der Waals surface area contributed by atoms with Gasteiger partial charge in [-0.15, -0.1) is 0 Å². The molecule has 1 N–H and O–H groups in total. The number of carbonyl (C=O) groups is 1. The maximum absolute atomic E-state index is 10.8. The molecule has 0 saturated heterocycles. The maximum Gasteiger partial charge on any atom is 0.219 e. The average molecular weight is 153 g/mol. The van der Waals surface area contributed by atoms with Crippen LogP contribution < -0.4 is 0 Å². The molecule has 1 heterocycles. The van der Waals surface area contributed by atoms with Crippen LogP contribution in [0.3, 0.4) is 0 Å². The van der Waals surface area contributed by atoms with E-state index in [9.17, 15) is 4.79 Å². The number of carbonyl (C=O) groups excluding carboxylic acids is 1. The molecule has 0 saturated carbocycles. The molecule has 0 aromatic carbocycles. The first kappa shape index (κ1) is 7.78. The number of hydrogen-bond donors (Lipinski definition) is 1. The highest BCUT2D eigenvalue weighted by molar-refractivity contribution is 5.72. The summed E-state index contributed by atoms with van der Waals surface area (Å²) in [5.74, 6) is 0.0613. The van der Waals surface area contributed by atoms with E-state index in [0.29, 0.717) is 6.54 Å². The van der Waals surface area contributed by atoms with Crippen molar-refractivity contribution in [3.63, 3.8) is 0 Å². The van der Waals surface area contributed by atoms with Crippen molar-refractivity contribution in [1.82, 2.24) is 15.1 Å². The maximum atomic E-state index is 10.8. The third-order valence-corrected chi connectivity index (χ3v) is 1.51. The fourth-order valence-electron chi connectivity index (χ4n) is 0.749. The zero-order valence-electron chi connectivity index (χ0n) is 6.66. The number of aromatic amines is 1. The first-order valence-electron chi connectivity index (χ1n) is 3.39. The van der Waals surface area contributed by atoms with E-state index < -0.39 is 0 Å². The number of aromatic nitrogens is 2. The molecule has 1 amide bonds. The number of nitrogens with one attached hydrogen (secondary N) is 1. The van der Waals surface area contributed by atoms with Gasteiger partial charge in [0.25, 0.3) is 0 Å². The van der Waals surface area contributed by atoms with Crippen molar-refractivity contribution in [3.05, 3.63) is 18.0 Å². The summed E-state index contributed by atoms with van der Waals surface area (Å²) in [5, 5.41) is 6.46. The van der Waals surface area contributed by atoms with Gasteiger partial charge in [0.05, 0.1) is 6.20 Å². The summed E-state index contributed by atoms with van der Waals surface area (Å²) in [6.07, 6.45) is 3.49. The lowest BCUT2D eigenvalue weighted by Gasteiger charge is -2.12. The first-order valence-corrected chi connectivity index (χ1v) is 3.39. The lowest BCUT2D eigenvalue weighted by Crippen LogP contribution is -2.22. The average Bonchev–Trinajstić information content (AvgIpc) is 2.39. The zero-order chi connectivity index (χ0) is 8.27. The topological polar surface area (TPSA) is 49.0 Å². The van der Waals surface area contributed by atoms with E-state index >= 15 is 0 Å². The minimum Gasteiger partial charge on any atom is -0.342 e. The van der Waals surface area contributed by atoms with Crippen molar-refractivity contribution >= 4 is 5.91 Å². The van der Waals surface area contributed by atoms with Crippen molar-refractivity contribution < 1.29 is 4.79 Å². The van der Waals surface area contributed by atoms with Crippen molar-refractivity contribution in [2.24, 2.45) is 0 Å². The third kappa shape index (κ3) is 2.07. The van der Waals surface area contributed by atoms with E-state index in [1.54, 1.807) is 31.3 Å². The first-order chi connectivity index (χ1) is 5.20. The minimum atomic E-state index is 0.0613. The predicted octanol–water partition coefficient (Wildman–Crippen LogP) is 0.388. The number of nitrogens with zero attached hydrogens (tertiary/aromatic N) is 2. The molecule has 4 nitrogen and oxygen atoms in total. The Bertz CT molecular complexity index is 230. The Balaban J connectivity index is 2.50. The van der Waals surface area contributed by atoms with Gasteiger partial charge in [0, 0.05) is 32.3 Å². The van der Waals surface area contributed by atoms with Gasteiger partial charge in [0.2, 0.25) is 5.91 Å². The molecule has 60 valence electrons. The second kappa shape index (κ2) is 3.18. The molecule has 1 aromatic rings. The zero-order valence-corrected chi connectivity index (χ0v) is 6.66. The van der Waals surface area contributed by atoms with Crippen LogP contribution in [0.15, 0.2) is 12.4 Å². The van der Waals surface area contributed by atoms with Crippen LogP contribution in [0.5, 0.6) is 0 Å². The fraction of sp³-hybridized carbons (Fsp3) is 0.429. The Morgan fingerprint density at radius 2 is 2.55 bits per heavy atom. The normalized spacial score (nSPS) is 9.64. The molecule has 4 heteroatoms. The van der Waals surface area contributed by atoms with Gasteiger partial charge < -0.3 is 4.90 Å². The van der Waals surface area contributed by atoms with E-state index in [0.717, 1.165) is 5.56 Å². The second-order valence-electron chi connectivity index (χ2n) is 2.48. The molecule has 0 aliphatic rings. The van der Waals surface area contributed by atoms with Gasteiger partial charge in [-0.2, -0.15) is 5.10 Å². The lowest BCUT2D eigenvalue weighted by atomic mass is 10.3. The molecule has 0 spiro atoms. The minimum absolute atomic E-state index is 0.0613. The molecule has 0 aliphatic heterocycles. The molecule has 1 aromatic heterocycles. The number of rotatable bonds is 2. The van der Waals surface area contributed by atoms with Gasteiger partial charge in [0.1, 0.15) is 0 Å². The van der Waals surface area contributed by atoms with Crippen LogP contribution >= 0.6 is 0 Å². The van der Waals surface area contributed by atoms with E-state index in [4.69, 9.17) is 0 Å². The molecule has 0 atom stereocenters. The van der Waals surface area contributed by atoms with Gasteiger partial charge in [-0.05, 0) is 0 Å². The van der Waals surface area contributed by atoms with Crippen LogP contribution in [0, 0.1) is 0 Å². The molecular weight excluding hydrogens is 142 g/mol. The number of amides is 1. The van der Waals surface area contributed by atoms with Crippen LogP contribution in [0.4, 0.5) is 0 Å². The summed E-state index contributed by atoms with van der Waals surface area (Å²) in [6.45, 7) is 2.16. The van der Waals surface area contributed by atoms with Crippen molar-refractivity contribution in [3.8, 4) is 0 Å². The van der Waals surface area contributed by atoms with Crippen molar-refractivity contribution in [2.45, 2.75) is 13.5 Å². The van der Waals surface area contributed by atoms with Crippen molar-refractivity contribution in [2.75, 3.05) is 7.05 Å². The van der Waals surface area contributed by atoms with Crippen LogP contribution in [-0.4, -0.2) is 28.1 Å². The van der Waals surface area contributed by atoms with Crippen LogP contribution in [0.1, 0.15) is 12.5 Å². The number of H-pyrrole nitrogens is 1. The molecule has 0 unspecified atom stereocenters. The molecule has 0 radical (unpaired) electrons. The summed E-state index contributed by atoms with van der Waals surface area (Å²) >= 11 is 0. The second-order valence-corrected chi connectivity index (χ2v) is 2.48. The largest absolute Gasteiger partial charge is 0.342 e. The van der Waals surface area contributed by atoms with Crippen LogP contribution in [-0.2, 0) is 11.3 Å². The van der Waals surface area contributed by atoms with Crippen LogP contribution in [0.2, 0.25) is 0 Å². The summed E-state index contributed by atoms with van der Waals surface area (Å²) in [6, 6.07) is 0. The number of hydrogen-bond acceptors (Lipinski definition) is 2. The Hall–Kier alpha value is -1.32. The molecule has 1 rings (SSSR count). The molecular formula is C7H11N3O. The summed E-state index contributed by atoms with van der Waals surface area (Å²) in [5.41, 5.74) is 1.02. The van der Waals surface area contributed by atoms with Gasteiger partial charge >= 0.3 is 0 Å². The van der Waals surface area contributed by atoms with Gasteiger partial charge in [-0.1, -0.05) is 0 Å². The highest BCUT2D eigenvalue weighted by Crippen LogP contribution is 1.98. The standard InChI is InChI=1S/C7H11N3O/c1-6(11)10(2)5-7-3-8-9-4-7/h3-4H,5H2,1-2H3,(H,8,9). The quantitative estimate of drug-likeness (QED) is 0.668. The monoisotopic (exact) mass is 153 g/mol. The van der Waals surface area contributed by atoms with Crippen molar-refractivity contribution in [1.29, 1.82) is 0 Å². The van der Waals surface area contributed by atoms with E-state index in [2.05, 4.69) is 10.2 Å². The summed E-state index contributed by atoms with van der Waals surface area (Å²) < 4.78 is 0. The van der Waals surface area contributed by atoms with E-state index in [-0.39, 0.29) is 5.91 Å². The van der Waals surface area contributed by atoms with Crippen LogP contribution in [0.25, 0.3) is 0 Å². The van der Waals surface area contributed by atoms with E-state index in [1.165, 1.54) is 0 Å². The Kier molecular flexibility index (Phi) is 2.25. The fourth-order valence-corrected chi connectivity index (χ4v) is 0.749. The van der Waals surface area contributed by atoms with Gasteiger partial charge in [-0.25, -0.2) is 0 Å². The molecule has 0 fully saturated rings. The van der Waals surface area contributed by atoms with E-state index in [1.807, 2.05) is 0 Å². The third-order valence-electron chi connectivity index (χ3n) is 1.51.